The summed E-state index contributed by atoms with van der Waals surface area (Å²) in [6.07, 6.45) is 1.19. The van der Waals surface area contributed by atoms with Crippen molar-refractivity contribution in [2.75, 3.05) is 18.5 Å². The predicted molar refractivity (Wildman–Crippen MR) is 81.9 cm³/mol. The summed E-state index contributed by atoms with van der Waals surface area (Å²) >= 11 is 0. The van der Waals surface area contributed by atoms with Crippen molar-refractivity contribution in [3.05, 3.63) is 29.3 Å². The zero-order valence-electron chi connectivity index (χ0n) is 12.5. The molecule has 2 atom stereocenters. The van der Waals surface area contributed by atoms with Crippen LogP contribution >= 0.6 is 0 Å². The minimum Gasteiger partial charge on any atom is -0.395 e. The molecular weight excluding hydrogens is 266 g/mol. The van der Waals surface area contributed by atoms with E-state index in [0.717, 1.165) is 23.2 Å². The van der Waals surface area contributed by atoms with Crippen molar-refractivity contribution in [1.82, 2.24) is 0 Å². The van der Waals surface area contributed by atoms with Gasteiger partial charge in [0.2, 0.25) is 5.91 Å². The molecule has 4 heteroatoms. The van der Waals surface area contributed by atoms with Crippen LogP contribution in [0.25, 0.3) is 0 Å². The Morgan fingerprint density at radius 2 is 2.33 bits per heavy atom. The number of anilines is 1. The Bertz CT molecular complexity index is 571. The molecular formula is C17H21NO3. The summed E-state index contributed by atoms with van der Waals surface area (Å²) in [7, 11) is 0. The number of aliphatic hydroxyl groups excluding tert-OH is 1. The van der Waals surface area contributed by atoms with Crippen LogP contribution < -0.4 is 5.32 Å². The summed E-state index contributed by atoms with van der Waals surface area (Å²) in [5.41, 5.74) is 2.67. The maximum Gasteiger partial charge on any atom is 0.230 e. The number of rotatable bonds is 3. The van der Waals surface area contributed by atoms with Crippen molar-refractivity contribution in [3.63, 3.8) is 0 Å². The first-order chi connectivity index (χ1) is 10.1. The molecule has 1 aromatic rings. The van der Waals surface area contributed by atoms with E-state index < -0.39 is 0 Å². The van der Waals surface area contributed by atoms with Gasteiger partial charge in [-0.05, 0) is 38.0 Å². The second-order valence-corrected chi connectivity index (χ2v) is 5.27. The van der Waals surface area contributed by atoms with Crippen LogP contribution in [-0.2, 0) is 9.53 Å². The fraction of sp³-hybridized carbons (Fsp3) is 0.471. The Morgan fingerprint density at radius 3 is 3.00 bits per heavy atom. The van der Waals surface area contributed by atoms with Gasteiger partial charge in [0.05, 0.1) is 18.6 Å². The second-order valence-electron chi connectivity index (χ2n) is 5.27. The van der Waals surface area contributed by atoms with Gasteiger partial charge in [-0.15, -0.1) is 0 Å². The second kappa shape index (κ2) is 7.26. The third-order valence-electron chi connectivity index (χ3n) is 3.68. The van der Waals surface area contributed by atoms with E-state index in [1.54, 1.807) is 0 Å². The SMILES string of the molecule is Cc1ccc(NC(=O)C2CCOC2C)cc1C#CCCO. The molecule has 0 bridgehead atoms. The van der Waals surface area contributed by atoms with Gasteiger partial charge in [-0.2, -0.15) is 0 Å². The zero-order valence-corrected chi connectivity index (χ0v) is 12.5. The van der Waals surface area contributed by atoms with Crippen molar-refractivity contribution in [3.8, 4) is 11.8 Å². The van der Waals surface area contributed by atoms with Crippen LogP contribution in [0.5, 0.6) is 0 Å². The van der Waals surface area contributed by atoms with Crippen molar-refractivity contribution in [2.45, 2.75) is 32.8 Å². The Hall–Kier alpha value is -1.83. The molecule has 1 aromatic carbocycles. The highest BCUT2D eigenvalue weighted by Gasteiger charge is 2.30. The van der Waals surface area contributed by atoms with Gasteiger partial charge in [0.15, 0.2) is 0 Å². The summed E-state index contributed by atoms with van der Waals surface area (Å²) in [4.78, 5) is 12.2. The Labute approximate surface area is 125 Å². The summed E-state index contributed by atoms with van der Waals surface area (Å²) < 4.78 is 5.43. The van der Waals surface area contributed by atoms with E-state index in [4.69, 9.17) is 9.84 Å². The molecule has 1 saturated heterocycles. The number of aryl methyl sites for hydroxylation is 1. The molecule has 0 aliphatic carbocycles. The van der Waals surface area contributed by atoms with Gasteiger partial charge in [-0.3, -0.25) is 4.79 Å². The third kappa shape index (κ3) is 4.07. The van der Waals surface area contributed by atoms with Gasteiger partial charge in [0.1, 0.15) is 0 Å². The highest BCUT2D eigenvalue weighted by atomic mass is 16.5. The molecule has 112 valence electrons. The average molecular weight is 287 g/mol. The number of hydrogen-bond acceptors (Lipinski definition) is 3. The fourth-order valence-corrected chi connectivity index (χ4v) is 2.36. The molecule has 0 saturated carbocycles. The molecule has 2 N–H and O–H groups in total. The van der Waals surface area contributed by atoms with Crippen LogP contribution in [0.1, 0.15) is 30.9 Å². The Morgan fingerprint density at radius 1 is 1.52 bits per heavy atom. The first kappa shape index (κ1) is 15.6. The van der Waals surface area contributed by atoms with Gasteiger partial charge in [-0.25, -0.2) is 0 Å². The third-order valence-corrected chi connectivity index (χ3v) is 3.68. The summed E-state index contributed by atoms with van der Waals surface area (Å²) in [5.74, 6) is 5.83. The zero-order chi connectivity index (χ0) is 15.2. The maximum absolute atomic E-state index is 12.2. The molecule has 1 heterocycles. The molecule has 21 heavy (non-hydrogen) atoms. The number of carbonyl (C=O) groups excluding carboxylic acids is 1. The summed E-state index contributed by atoms with van der Waals surface area (Å²) in [6.45, 7) is 4.60. The lowest BCUT2D eigenvalue weighted by Gasteiger charge is -2.14. The molecule has 1 amide bonds. The van der Waals surface area contributed by atoms with E-state index in [2.05, 4.69) is 17.2 Å². The Kier molecular flexibility index (Phi) is 5.38. The van der Waals surface area contributed by atoms with Gasteiger partial charge in [0.25, 0.3) is 0 Å². The first-order valence-corrected chi connectivity index (χ1v) is 7.24. The van der Waals surface area contributed by atoms with Crippen LogP contribution in [0.3, 0.4) is 0 Å². The average Bonchev–Trinajstić information content (AvgIpc) is 2.89. The standard InChI is InChI=1S/C17H21NO3/c1-12-6-7-15(11-14(12)5-3-4-9-19)18-17(20)16-8-10-21-13(16)2/h6-7,11,13,16,19H,4,8-10H2,1-2H3,(H,18,20). The van der Waals surface area contributed by atoms with Crippen LogP contribution in [0, 0.1) is 24.7 Å². The van der Waals surface area contributed by atoms with E-state index in [0.29, 0.717) is 13.0 Å². The molecule has 1 aliphatic rings. The lowest BCUT2D eigenvalue weighted by molar-refractivity contribution is -0.121. The topological polar surface area (TPSA) is 58.6 Å². The van der Waals surface area contributed by atoms with E-state index in [-0.39, 0.29) is 24.5 Å². The number of aliphatic hydroxyl groups is 1. The number of amides is 1. The van der Waals surface area contributed by atoms with Gasteiger partial charge < -0.3 is 15.2 Å². The highest BCUT2D eigenvalue weighted by molar-refractivity contribution is 5.93. The van der Waals surface area contributed by atoms with E-state index >= 15 is 0 Å². The fourth-order valence-electron chi connectivity index (χ4n) is 2.36. The van der Waals surface area contributed by atoms with Crippen LogP contribution in [-0.4, -0.2) is 30.3 Å². The molecule has 1 aliphatic heterocycles. The molecule has 0 aromatic heterocycles. The molecule has 0 radical (unpaired) electrons. The van der Waals surface area contributed by atoms with Crippen LogP contribution in [0.4, 0.5) is 5.69 Å². The predicted octanol–water partition coefficient (Wildman–Crippen LogP) is 2.09. The number of nitrogens with one attached hydrogen (secondary N) is 1. The smallest absolute Gasteiger partial charge is 0.230 e. The van der Waals surface area contributed by atoms with Crippen molar-refractivity contribution < 1.29 is 14.6 Å². The highest BCUT2D eigenvalue weighted by Crippen LogP contribution is 2.23. The van der Waals surface area contributed by atoms with Crippen molar-refractivity contribution in [1.29, 1.82) is 0 Å². The summed E-state index contributed by atoms with van der Waals surface area (Å²) in [5, 5.41) is 11.7. The van der Waals surface area contributed by atoms with Crippen molar-refractivity contribution in [2.24, 2.45) is 5.92 Å². The van der Waals surface area contributed by atoms with E-state index in [9.17, 15) is 4.79 Å². The number of hydrogen-bond donors (Lipinski definition) is 2. The Balaban J connectivity index is 2.08. The molecule has 0 spiro atoms. The lowest BCUT2D eigenvalue weighted by atomic mass is 10.0. The minimum absolute atomic E-state index is 0.00174. The van der Waals surface area contributed by atoms with Crippen LogP contribution in [0.2, 0.25) is 0 Å². The molecule has 4 nitrogen and oxygen atoms in total. The van der Waals surface area contributed by atoms with E-state index in [1.165, 1.54) is 0 Å². The van der Waals surface area contributed by atoms with Gasteiger partial charge in [-0.1, -0.05) is 17.9 Å². The number of ether oxygens (including phenoxy) is 1. The molecule has 2 unspecified atom stereocenters. The largest absolute Gasteiger partial charge is 0.395 e. The molecule has 2 rings (SSSR count). The summed E-state index contributed by atoms with van der Waals surface area (Å²) in [6, 6.07) is 5.69. The van der Waals surface area contributed by atoms with Crippen molar-refractivity contribution >= 4 is 11.6 Å². The van der Waals surface area contributed by atoms with Gasteiger partial charge in [0, 0.05) is 24.3 Å². The minimum atomic E-state index is -0.0878. The molecule has 1 fully saturated rings. The van der Waals surface area contributed by atoms with Gasteiger partial charge >= 0.3 is 0 Å². The van der Waals surface area contributed by atoms with Crippen LogP contribution in [0.15, 0.2) is 18.2 Å². The maximum atomic E-state index is 12.2. The number of carbonyl (C=O) groups is 1. The number of benzene rings is 1. The lowest BCUT2D eigenvalue weighted by Crippen LogP contribution is -2.27. The monoisotopic (exact) mass is 287 g/mol. The quantitative estimate of drug-likeness (QED) is 0.837. The normalized spacial score (nSPS) is 20.7. The first-order valence-electron chi connectivity index (χ1n) is 7.24. The van der Waals surface area contributed by atoms with E-state index in [1.807, 2.05) is 32.0 Å².